The fraction of sp³-hybridized carbons (Fsp3) is 0.500. The van der Waals surface area contributed by atoms with E-state index in [1.54, 1.807) is 6.33 Å². The normalized spacial score (nSPS) is 17.9. The van der Waals surface area contributed by atoms with Crippen LogP contribution < -0.4 is 5.32 Å². The summed E-state index contributed by atoms with van der Waals surface area (Å²) < 4.78 is 2.00. The monoisotopic (exact) mass is 270 g/mol. The lowest BCUT2D eigenvalue weighted by Gasteiger charge is -2.24. The number of aromatic nitrogens is 3. The van der Waals surface area contributed by atoms with Gasteiger partial charge in [0.05, 0.1) is 0 Å². The molecule has 0 spiro atoms. The molecule has 0 aliphatic carbocycles. The highest BCUT2D eigenvalue weighted by atomic mass is 15.3. The van der Waals surface area contributed by atoms with Crippen molar-refractivity contribution in [3.05, 3.63) is 41.5 Å². The number of rotatable bonds is 3. The number of hydrogen-bond acceptors (Lipinski definition) is 3. The van der Waals surface area contributed by atoms with Gasteiger partial charge < -0.3 is 5.32 Å². The Bertz CT molecular complexity index is 600. The molecule has 0 saturated heterocycles. The lowest BCUT2D eigenvalue weighted by atomic mass is 9.96. The molecule has 0 fully saturated rings. The quantitative estimate of drug-likeness (QED) is 0.931. The third-order valence-electron chi connectivity index (χ3n) is 3.92. The lowest BCUT2D eigenvalue weighted by Crippen LogP contribution is -2.22. The summed E-state index contributed by atoms with van der Waals surface area (Å²) in [7, 11) is 0. The lowest BCUT2D eigenvalue weighted by molar-refractivity contribution is 0.510. The minimum absolute atomic E-state index is 0.354. The molecular weight excluding hydrogens is 248 g/mol. The smallest absolute Gasteiger partial charge is 0.138 e. The van der Waals surface area contributed by atoms with Crippen LogP contribution in [0.5, 0.6) is 0 Å². The van der Waals surface area contributed by atoms with Crippen LogP contribution in [-0.2, 0) is 12.8 Å². The van der Waals surface area contributed by atoms with E-state index in [1.807, 2.05) is 4.68 Å². The molecule has 0 bridgehead atoms. The first kappa shape index (κ1) is 13.2. The third kappa shape index (κ3) is 2.55. The number of fused-ring (bicyclic) bond motifs is 1. The van der Waals surface area contributed by atoms with Crippen molar-refractivity contribution in [1.82, 2.24) is 14.8 Å². The van der Waals surface area contributed by atoms with Crippen molar-refractivity contribution >= 4 is 5.69 Å². The van der Waals surface area contributed by atoms with Gasteiger partial charge in [-0.15, -0.1) is 0 Å². The molecule has 1 atom stereocenters. The molecular formula is C16H22N4. The van der Waals surface area contributed by atoms with E-state index in [0.717, 1.165) is 18.7 Å². The summed E-state index contributed by atoms with van der Waals surface area (Å²) in [6.07, 6.45) is 4.87. The van der Waals surface area contributed by atoms with Crippen LogP contribution in [-0.4, -0.2) is 20.8 Å². The summed E-state index contributed by atoms with van der Waals surface area (Å²) in [5.41, 5.74) is 4.03. The molecule has 0 saturated carbocycles. The van der Waals surface area contributed by atoms with Crippen molar-refractivity contribution in [2.45, 2.75) is 52.1 Å². The molecule has 2 heterocycles. The molecule has 3 rings (SSSR count). The summed E-state index contributed by atoms with van der Waals surface area (Å²) in [6.45, 7) is 6.51. The van der Waals surface area contributed by atoms with E-state index in [1.165, 1.54) is 23.2 Å². The highest BCUT2D eigenvalue weighted by Crippen LogP contribution is 2.26. The largest absolute Gasteiger partial charge is 0.382 e. The van der Waals surface area contributed by atoms with Gasteiger partial charge in [0.25, 0.3) is 0 Å². The maximum Gasteiger partial charge on any atom is 0.138 e. The minimum Gasteiger partial charge on any atom is -0.382 e. The molecule has 106 valence electrons. The van der Waals surface area contributed by atoms with E-state index in [9.17, 15) is 0 Å². The van der Waals surface area contributed by atoms with Gasteiger partial charge in [-0.25, -0.2) is 9.67 Å². The molecule has 1 aliphatic heterocycles. The molecule has 1 N–H and O–H groups in total. The molecule has 0 radical (unpaired) electrons. The second kappa shape index (κ2) is 5.27. The standard InChI is InChI=1S/C16H22N4/c1-11(2)20-16(17-10-18-20)9-13-5-7-15-14(8-13)6-4-12(3)19-15/h5,7-8,10-12,19H,4,6,9H2,1-3H3. The van der Waals surface area contributed by atoms with Crippen LogP contribution >= 0.6 is 0 Å². The Hall–Kier alpha value is -1.84. The van der Waals surface area contributed by atoms with Gasteiger partial charge in [0, 0.05) is 24.2 Å². The van der Waals surface area contributed by atoms with Gasteiger partial charge >= 0.3 is 0 Å². The topological polar surface area (TPSA) is 42.7 Å². The van der Waals surface area contributed by atoms with Crippen molar-refractivity contribution in [1.29, 1.82) is 0 Å². The molecule has 4 heteroatoms. The SMILES string of the molecule is CC1CCc2cc(Cc3ncnn3C(C)C)ccc2N1. The van der Waals surface area contributed by atoms with Crippen LogP contribution in [0.15, 0.2) is 24.5 Å². The Morgan fingerprint density at radius 3 is 3.05 bits per heavy atom. The number of nitrogens with zero attached hydrogens (tertiary/aromatic N) is 3. The van der Waals surface area contributed by atoms with Crippen LogP contribution in [0.3, 0.4) is 0 Å². The maximum atomic E-state index is 4.39. The Kier molecular flexibility index (Phi) is 3.47. The Balaban J connectivity index is 1.83. The van der Waals surface area contributed by atoms with Crippen LogP contribution in [0.2, 0.25) is 0 Å². The van der Waals surface area contributed by atoms with Crippen molar-refractivity contribution in [3.8, 4) is 0 Å². The molecule has 4 nitrogen and oxygen atoms in total. The summed E-state index contributed by atoms with van der Waals surface area (Å²) in [5.74, 6) is 1.04. The van der Waals surface area contributed by atoms with Gasteiger partial charge in [0.1, 0.15) is 12.2 Å². The summed E-state index contributed by atoms with van der Waals surface area (Å²) in [4.78, 5) is 4.39. The van der Waals surface area contributed by atoms with E-state index >= 15 is 0 Å². The summed E-state index contributed by atoms with van der Waals surface area (Å²) in [6, 6.07) is 7.65. The van der Waals surface area contributed by atoms with E-state index in [4.69, 9.17) is 0 Å². The summed E-state index contributed by atoms with van der Waals surface area (Å²) in [5, 5.41) is 7.84. The van der Waals surface area contributed by atoms with E-state index in [2.05, 4.69) is 54.4 Å². The van der Waals surface area contributed by atoms with Crippen LogP contribution in [0.1, 0.15) is 50.2 Å². The average molecular weight is 270 g/mol. The van der Waals surface area contributed by atoms with Crippen molar-refractivity contribution < 1.29 is 0 Å². The van der Waals surface area contributed by atoms with Crippen LogP contribution in [0.25, 0.3) is 0 Å². The molecule has 1 aromatic carbocycles. The maximum absolute atomic E-state index is 4.39. The highest BCUT2D eigenvalue weighted by molar-refractivity contribution is 5.55. The van der Waals surface area contributed by atoms with Gasteiger partial charge in [-0.3, -0.25) is 0 Å². The number of aryl methyl sites for hydroxylation is 1. The zero-order valence-corrected chi connectivity index (χ0v) is 12.4. The van der Waals surface area contributed by atoms with Crippen LogP contribution in [0.4, 0.5) is 5.69 Å². The molecule has 2 aromatic rings. The average Bonchev–Trinajstić information content (AvgIpc) is 2.87. The number of nitrogens with one attached hydrogen (secondary N) is 1. The van der Waals surface area contributed by atoms with Crippen molar-refractivity contribution in [2.75, 3.05) is 5.32 Å². The van der Waals surface area contributed by atoms with Crippen LogP contribution in [0, 0.1) is 0 Å². The second-order valence-corrected chi connectivity index (χ2v) is 5.97. The minimum atomic E-state index is 0.354. The summed E-state index contributed by atoms with van der Waals surface area (Å²) >= 11 is 0. The third-order valence-corrected chi connectivity index (χ3v) is 3.92. The van der Waals surface area contributed by atoms with E-state index < -0.39 is 0 Å². The van der Waals surface area contributed by atoms with Gasteiger partial charge in [0.2, 0.25) is 0 Å². The van der Waals surface area contributed by atoms with Gasteiger partial charge in [-0.05, 0) is 50.8 Å². The fourth-order valence-electron chi connectivity index (χ4n) is 2.83. The molecule has 1 unspecified atom stereocenters. The predicted octanol–water partition coefficient (Wildman–Crippen LogP) is 3.20. The second-order valence-electron chi connectivity index (χ2n) is 5.97. The zero-order valence-electron chi connectivity index (χ0n) is 12.4. The number of hydrogen-bond donors (Lipinski definition) is 1. The highest BCUT2D eigenvalue weighted by Gasteiger charge is 2.15. The Labute approximate surface area is 120 Å². The number of anilines is 1. The first-order valence-corrected chi connectivity index (χ1v) is 7.40. The predicted molar refractivity (Wildman–Crippen MR) is 81.1 cm³/mol. The Morgan fingerprint density at radius 1 is 1.40 bits per heavy atom. The van der Waals surface area contributed by atoms with E-state index in [0.29, 0.717) is 12.1 Å². The Morgan fingerprint density at radius 2 is 2.25 bits per heavy atom. The number of benzene rings is 1. The molecule has 1 aromatic heterocycles. The van der Waals surface area contributed by atoms with Gasteiger partial charge in [0.15, 0.2) is 0 Å². The van der Waals surface area contributed by atoms with Crippen molar-refractivity contribution in [3.63, 3.8) is 0 Å². The zero-order chi connectivity index (χ0) is 14.1. The first-order valence-electron chi connectivity index (χ1n) is 7.40. The van der Waals surface area contributed by atoms with Crippen molar-refractivity contribution in [2.24, 2.45) is 0 Å². The van der Waals surface area contributed by atoms with Gasteiger partial charge in [-0.2, -0.15) is 5.10 Å². The molecule has 1 aliphatic rings. The fourth-order valence-corrected chi connectivity index (χ4v) is 2.83. The van der Waals surface area contributed by atoms with Gasteiger partial charge in [-0.1, -0.05) is 12.1 Å². The molecule has 0 amide bonds. The first-order chi connectivity index (χ1) is 9.63. The van der Waals surface area contributed by atoms with E-state index in [-0.39, 0.29) is 0 Å². The molecule has 20 heavy (non-hydrogen) atoms.